The molecule has 2 rings (SSSR count). The van der Waals surface area contributed by atoms with Crippen molar-refractivity contribution in [2.45, 2.75) is 200 Å². The maximum Gasteiger partial charge on any atom is 0.411 e. The number of hydrogen-bond acceptors (Lipinski definition) is 8. The Morgan fingerprint density at radius 1 is 0.354 bits per heavy atom. The topological polar surface area (TPSA) is 105 Å². The smallest absolute Gasteiger partial charge is 0.411 e. The number of hydrogen-bond donors (Lipinski definition) is 0. The molecule has 14 heteroatoms. The van der Waals surface area contributed by atoms with Crippen LogP contribution in [0.2, 0.25) is 0 Å². The predicted octanol–water partition coefficient (Wildman–Crippen LogP) is 15.2. The fourth-order valence-corrected chi connectivity index (χ4v) is 7.73. The number of esters is 4. The zero-order valence-electron chi connectivity index (χ0n) is 39.3. The van der Waals surface area contributed by atoms with Gasteiger partial charge in [-0.05, 0) is 61.1 Å². The molecule has 0 aliphatic heterocycles. The van der Waals surface area contributed by atoms with Gasteiger partial charge in [-0.2, -0.15) is 26.3 Å². The highest BCUT2D eigenvalue weighted by Gasteiger charge is 2.72. The lowest BCUT2D eigenvalue weighted by molar-refractivity contribution is -0.288. The number of unbranched alkanes of at least 4 members (excludes halogenated alkanes) is 20. The predicted molar refractivity (Wildman–Crippen MR) is 240 cm³/mol. The minimum Gasteiger partial charge on any atom is -0.462 e. The van der Waals surface area contributed by atoms with E-state index >= 15 is 26.3 Å². The molecular weight excluding hydrogens is 855 g/mol. The largest absolute Gasteiger partial charge is 0.462 e. The van der Waals surface area contributed by atoms with Crippen molar-refractivity contribution in [3.63, 3.8) is 0 Å². The van der Waals surface area contributed by atoms with Crippen LogP contribution >= 0.6 is 0 Å². The quantitative estimate of drug-likeness (QED) is 0.0296. The van der Waals surface area contributed by atoms with Crippen LogP contribution in [0.1, 0.15) is 234 Å². The monoisotopic (exact) mass is 929 g/mol. The zero-order valence-corrected chi connectivity index (χ0v) is 39.3. The lowest BCUT2D eigenvalue weighted by Gasteiger charge is -2.38. The summed E-state index contributed by atoms with van der Waals surface area (Å²) >= 11 is 0. The molecule has 0 bridgehead atoms. The van der Waals surface area contributed by atoms with Crippen molar-refractivity contribution >= 4 is 23.9 Å². The Balaban J connectivity index is 2.71. The Morgan fingerprint density at radius 3 is 0.831 bits per heavy atom. The van der Waals surface area contributed by atoms with E-state index in [0.717, 1.165) is 116 Å². The van der Waals surface area contributed by atoms with Crippen molar-refractivity contribution in [1.82, 2.24) is 0 Å². The molecule has 0 heterocycles. The summed E-state index contributed by atoms with van der Waals surface area (Å²) in [5.74, 6) is -4.82. The summed E-state index contributed by atoms with van der Waals surface area (Å²) in [6, 6.07) is 3.10. The van der Waals surface area contributed by atoms with E-state index in [0.29, 0.717) is 74.9 Å². The fraction of sp³-hybridized carbons (Fsp3) is 0.686. The molecule has 0 saturated heterocycles. The maximum absolute atomic E-state index is 15.7. The van der Waals surface area contributed by atoms with Gasteiger partial charge in [-0.1, -0.05) is 168 Å². The van der Waals surface area contributed by atoms with Crippen LogP contribution in [0.15, 0.2) is 36.4 Å². The molecule has 0 aliphatic rings. The first kappa shape index (κ1) is 57.0. The summed E-state index contributed by atoms with van der Waals surface area (Å²) in [6.45, 7) is 7.68. The van der Waals surface area contributed by atoms with Crippen LogP contribution in [0.3, 0.4) is 0 Å². The van der Waals surface area contributed by atoms with Gasteiger partial charge in [0.05, 0.1) is 48.7 Å². The van der Waals surface area contributed by atoms with Gasteiger partial charge in [0.1, 0.15) is 0 Å². The number of halogens is 6. The Bertz CT molecular complexity index is 1580. The normalized spacial score (nSPS) is 12.0. The van der Waals surface area contributed by atoms with Crippen molar-refractivity contribution in [2.75, 3.05) is 26.4 Å². The first-order valence-corrected chi connectivity index (χ1v) is 24.2. The molecule has 0 fully saturated rings. The first-order chi connectivity index (χ1) is 31.1. The number of ether oxygens (including phenoxy) is 4. The molecule has 0 unspecified atom stereocenters. The molecule has 65 heavy (non-hydrogen) atoms. The highest BCUT2D eigenvalue weighted by molar-refractivity contribution is 6.04. The second-order valence-electron chi connectivity index (χ2n) is 16.9. The molecule has 0 aliphatic carbocycles. The average Bonchev–Trinajstić information content (AvgIpc) is 3.26. The molecule has 368 valence electrons. The summed E-state index contributed by atoms with van der Waals surface area (Å²) in [5, 5.41) is 0. The van der Waals surface area contributed by atoms with E-state index in [1.54, 1.807) is 0 Å². The molecule has 0 amide bonds. The molecule has 0 radical (unpaired) electrons. The highest BCUT2D eigenvalue weighted by atomic mass is 19.4. The molecule has 0 aromatic heterocycles. The van der Waals surface area contributed by atoms with E-state index in [4.69, 9.17) is 18.9 Å². The Hall–Kier alpha value is -4.10. The number of carbonyl (C=O) groups excluding carboxylic acids is 4. The molecule has 2 aromatic carbocycles. The third kappa shape index (κ3) is 18.6. The van der Waals surface area contributed by atoms with Crippen molar-refractivity contribution in [1.29, 1.82) is 0 Å². The van der Waals surface area contributed by atoms with Crippen molar-refractivity contribution < 1.29 is 64.5 Å². The van der Waals surface area contributed by atoms with Crippen LogP contribution in [-0.4, -0.2) is 62.7 Å². The summed E-state index contributed by atoms with van der Waals surface area (Å²) in [5.41, 5.74) is -10.6. The SMILES string of the molecule is CCCCCCCCOC(=O)c1ccc(C(c2ccc(C(=O)OCCCCCCCC)c(C(=O)OCCCCCCCC)c2)(C(F)(F)F)C(F)(F)F)cc1C(=O)OCCCCCCCC. The van der Waals surface area contributed by atoms with Gasteiger partial charge in [-0.15, -0.1) is 0 Å². The maximum atomic E-state index is 15.7. The van der Waals surface area contributed by atoms with Gasteiger partial charge in [-0.25, -0.2) is 19.2 Å². The van der Waals surface area contributed by atoms with E-state index in [2.05, 4.69) is 13.8 Å². The second-order valence-corrected chi connectivity index (χ2v) is 16.9. The third-order valence-electron chi connectivity index (χ3n) is 11.6. The van der Waals surface area contributed by atoms with Crippen LogP contribution in [-0.2, 0) is 24.4 Å². The molecule has 0 spiro atoms. The molecule has 0 saturated carbocycles. The zero-order chi connectivity index (χ0) is 48.1. The van der Waals surface area contributed by atoms with Gasteiger partial charge in [-0.3, -0.25) is 0 Å². The van der Waals surface area contributed by atoms with Crippen molar-refractivity contribution in [3.8, 4) is 0 Å². The Kier molecular flexibility index (Phi) is 27.2. The van der Waals surface area contributed by atoms with Crippen LogP contribution in [0, 0.1) is 0 Å². The second kappa shape index (κ2) is 31.0. The van der Waals surface area contributed by atoms with Crippen molar-refractivity contribution in [2.24, 2.45) is 0 Å². The van der Waals surface area contributed by atoms with E-state index in [9.17, 15) is 19.2 Å². The molecular formula is C51H74F6O8. The van der Waals surface area contributed by atoms with Crippen LogP contribution in [0.5, 0.6) is 0 Å². The van der Waals surface area contributed by atoms with Crippen LogP contribution in [0.25, 0.3) is 0 Å². The fourth-order valence-electron chi connectivity index (χ4n) is 7.73. The van der Waals surface area contributed by atoms with Crippen LogP contribution < -0.4 is 0 Å². The molecule has 0 atom stereocenters. The number of rotatable bonds is 34. The van der Waals surface area contributed by atoms with Gasteiger partial charge in [0.15, 0.2) is 0 Å². The van der Waals surface area contributed by atoms with Gasteiger partial charge in [0, 0.05) is 0 Å². The average molecular weight is 929 g/mol. The third-order valence-corrected chi connectivity index (χ3v) is 11.6. The summed E-state index contributed by atoms with van der Waals surface area (Å²) in [6.07, 6.45) is 7.56. The minimum atomic E-state index is -6.16. The highest BCUT2D eigenvalue weighted by Crippen LogP contribution is 2.56. The summed E-state index contributed by atoms with van der Waals surface area (Å²) < 4.78 is 116. The number of carbonyl (C=O) groups is 4. The minimum absolute atomic E-state index is 0.0839. The lowest BCUT2D eigenvalue weighted by atomic mass is 9.71. The summed E-state index contributed by atoms with van der Waals surface area (Å²) in [4.78, 5) is 54.0. The van der Waals surface area contributed by atoms with Crippen LogP contribution in [0.4, 0.5) is 26.3 Å². The standard InChI is InChI=1S/C51H74F6O8/c1-5-9-13-17-21-25-33-62-45(58)41-31-29-39(37-43(41)47(60)64-35-27-23-19-15-11-7-3)49(50(52,53)54,51(55,56)57)40-30-32-42(46(59)63-34-26-22-18-14-10-6-2)44(38-40)48(61)65-36-28-24-20-16-12-8-4/h29-32,37-38H,5-28,33-36H2,1-4H3. The van der Waals surface area contributed by atoms with E-state index in [-0.39, 0.29) is 26.4 Å². The van der Waals surface area contributed by atoms with E-state index in [1.165, 1.54) is 0 Å². The van der Waals surface area contributed by atoms with E-state index in [1.807, 2.05) is 13.8 Å². The number of alkyl halides is 6. The van der Waals surface area contributed by atoms with Gasteiger partial charge >= 0.3 is 36.2 Å². The first-order valence-electron chi connectivity index (χ1n) is 24.2. The van der Waals surface area contributed by atoms with E-state index < -0.39 is 75.0 Å². The van der Waals surface area contributed by atoms with Gasteiger partial charge in [0.2, 0.25) is 5.41 Å². The van der Waals surface area contributed by atoms with Gasteiger partial charge < -0.3 is 18.9 Å². The van der Waals surface area contributed by atoms with Crippen molar-refractivity contribution in [3.05, 3.63) is 69.8 Å². The van der Waals surface area contributed by atoms with Gasteiger partial charge in [0.25, 0.3) is 0 Å². The number of benzene rings is 2. The molecule has 2 aromatic rings. The Morgan fingerprint density at radius 2 is 0.585 bits per heavy atom. The Labute approximate surface area is 383 Å². The molecule has 0 N–H and O–H groups in total. The lowest BCUT2D eigenvalue weighted by Crippen LogP contribution is -2.55. The molecule has 8 nitrogen and oxygen atoms in total. The summed E-state index contributed by atoms with van der Waals surface area (Å²) in [7, 11) is 0.